The van der Waals surface area contributed by atoms with E-state index in [1.807, 2.05) is 13.8 Å². The van der Waals surface area contributed by atoms with Gasteiger partial charge in [0.15, 0.2) is 5.76 Å². The molecule has 0 aliphatic carbocycles. The summed E-state index contributed by atoms with van der Waals surface area (Å²) < 4.78 is 6.40. The smallest absolute Gasteiger partial charge is 0.330 e. The van der Waals surface area contributed by atoms with Gasteiger partial charge in [-0.25, -0.2) is 4.79 Å². The molecule has 114 valence electrons. The Kier molecular flexibility index (Phi) is 4.15. The minimum Gasteiger partial charge on any atom is -0.383 e. The van der Waals surface area contributed by atoms with Crippen LogP contribution in [-0.2, 0) is 13.1 Å². The van der Waals surface area contributed by atoms with Crippen LogP contribution in [0.2, 0.25) is 0 Å². The van der Waals surface area contributed by atoms with Crippen molar-refractivity contribution >= 4 is 11.5 Å². The number of hydrogen-bond donors (Lipinski definition) is 3. The molecule has 0 spiro atoms. The number of hydrogen-bond acceptors (Lipinski definition) is 6. The van der Waals surface area contributed by atoms with Crippen LogP contribution >= 0.6 is 0 Å². The molecule has 2 aromatic heterocycles. The zero-order valence-electron chi connectivity index (χ0n) is 12.3. The Balaban J connectivity index is 2.30. The minimum atomic E-state index is -0.547. The highest BCUT2D eigenvalue weighted by atomic mass is 16.5. The summed E-state index contributed by atoms with van der Waals surface area (Å²) in [4.78, 5) is 25.9. The predicted molar refractivity (Wildman–Crippen MR) is 79.1 cm³/mol. The second-order valence-electron chi connectivity index (χ2n) is 5.31. The van der Waals surface area contributed by atoms with Crippen LogP contribution in [-0.4, -0.2) is 14.7 Å². The second-order valence-corrected chi connectivity index (χ2v) is 5.31. The number of aromatic amines is 1. The van der Waals surface area contributed by atoms with Crippen LogP contribution in [0.3, 0.4) is 0 Å². The van der Waals surface area contributed by atoms with Gasteiger partial charge in [0.05, 0.1) is 12.2 Å². The number of nitrogen functional groups attached to an aromatic ring is 1. The summed E-state index contributed by atoms with van der Waals surface area (Å²) in [6, 6.07) is 1.75. The van der Waals surface area contributed by atoms with Gasteiger partial charge in [0.2, 0.25) is 0 Å². The molecule has 0 aromatic carbocycles. The number of H-pyrrole nitrogens is 1. The van der Waals surface area contributed by atoms with E-state index in [2.05, 4.69) is 15.5 Å². The topological polar surface area (TPSA) is 119 Å². The van der Waals surface area contributed by atoms with Crippen molar-refractivity contribution in [2.24, 2.45) is 5.92 Å². The summed E-state index contributed by atoms with van der Waals surface area (Å²) in [7, 11) is 0. The van der Waals surface area contributed by atoms with Gasteiger partial charge in [-0.15, -0.1) is 0 Å². The Bertz CT molecular complexity index is 741. The van der Waals surface area contributed by atoms with Crippen molar-refractivity contribution < 1.29 is 4.52 Å². The fraction of sp³-hybridized carbons (Fsp3) is 0.462. The van der Waals surface area contributed by atoms with Crippen molar-refractivity contribution in [1.82, 2.24) is 14.7 Å². The monoisotopic (exact) mass is 293 g/mol. The summed E-state index contributed by atoms with van der Waals surface area (Å²) >= 11 is 0. The molecule has 0 bridgehead atoms. The fourth-order valence-electron chi connectivity index (χ4n) is 1.98. The quantitative estimate of drug-likeness (QED) is 0.746. The second kappa shape index (κ2) is 5.86. The van der Waals surface area contributed by atoms with E-state index in [0.717, 1.165) is 5.69 Å². The van der Waals surface area contributed by atoms with Gasteiger partial charge in [0, 0.05) is 12.6 Å². The lowest BCUT2D eigenvalue weighted by molar-refractivity contribution is 0.384. The molecule has 0 unspecified atom stereocenters. The lowest BCUT2D eigenvalue weighted by atomic mass is 10.2. The van der Waals surface area contributed by atoms with E-state index in [-0.39, 0.29) is 24.0 Å². The maximum atomic E-state index is 11.9. The number of nitrogens with zero attached hydrogens (tertiary/aromatic N) is 2. The average Bonchev–Trinajstić information content (AvgIpc) is 2.80. The first-order chi connectivity index (χ1) is 9.88. The minimum absolute atomic E-state index is 0.119. The molecule has 8 nitrogen and oxygen atoms in total. The summed E-state index contributed by atoms with van der Waals surface area (Å²) in [5.74, 6) is 0.919. The highest BCUT2D eigenvalue weighted by molar-refractivity contribution is 5.60. The molecule has 0 aliphatic rings. The third-order valence-corrected chi connectivity index (χ3v) is 2.90. The van der Waals surface area contributed by atoms with Crippen LogP contribution < -0.4 is 22.3 Å². The van der Waals surface area contributed by atoms with Gasteiger partial charge in [-0.3, -0.25) is 14.3 Å². The fourth-order valence-corrected chi connectivity index (χ4v) is 1.98. The molecule has 8 heteroatoms. The maximum Gasteiger partial charge on any atom is 0.330 e. The number of aryl methyl sites for hydroxylation is 1. The first-order valence-electron chi connectivity index (χ1n) is 6.67. The molecule has 0 saturated heterocycles. The normalized spacial score (nSPS) is 11.0. The molecule has 0 aliphatic heterocycles. The molecule has 0 fully saturated rings. The molecule has 2 heterocycles. The van der Waals surface area contributed by atoms with E-state index in [4.69, 9.17) is 10.3 Å². The van der Waals surface area contributed by atoms with E-state index in [1.54, 1.807) is 13.0 Å². The van der Waals surface area contributed by atoms with Crippen molar-refractivity contribution in [3.8, 4) is 0 Å². The summed E-state index contributed by atoms with van der Waals surface area (Å²) in [5, 5.41) is 6.65. The van der Waals surface area contributed by atoms with E-state index in [0.29, 0.717) is 12.3 Å². The highest BCUT2D eigenvalue weighted by Crippen LogP contribution is 2.13. The molecule has 2 rings (SSSR count). The number of aromatic nitrogens is 3. The van der Waals surface area contributed by atoms with Gasteiger partial charge < -0.3 is 15.6 Å². The van der Waals surface area contributed by atoms with Crippen LogP contribution in [0.25, 0.3) is 0 Å². The largest absolute Gasteiger partial charge is 0.383 e. The van der Waals surface area contributed by atoms with E-state index in [1.165, 1.54) is 4.57 Å². The Hall–Kier alpha value is -2.51. The lowest BCUT2D eigenvalue weighted by Crippen LogP contribution is -2.35. The zero-order valence-corrected chi connectivity index (χ0v) is 12.3. The van der Waals surface area contributed by atoms with Gasteiger partial charge in [0.25, 0.3) is 5.56 Å². The van der Waals surface area contributed by atoms with Gasteiger partial charge in [-0.05, 0) is 12.8 Å². The number of rotatable bonds is 5. The average molecular weight is 293 g/mol. The van der Waals surface area contributed by atoms with Gasteiger partial charge in [-0.2, -0.15) is 0 Å². The molecule has 0 atom stereocenters. The standard InChI is InChI=1S/C13H19N5O3/c1-7(2)6-18-11(14)10(12(19)16-13(18)20)15-5-9-4-8(3)17-21-9/h4,7,15H,5-6,14H2,1-3H3,(H,16,19,20). The van der Waals surface area contributed by atoms with E-state index >= 15 is 0 Å². The van der Waals surface area contributed by atoms with Gasteiger partial charge in [0.1, 0.15) is 11.5 Å². The molecule has 0 radical (unpaired) electrons. The highest BCUT2D eigenvalue weighted by Gasteiger charge is 2.13. The third-order valence-electron chi connectivity index (χ3n) is 2.90. The molecule has 0 amide bonds. The molecular weight excluding hydrogens is 274 g/mol. The first-order valence-corrected chi connectivity index (χ1v) is 6.67. The van der Waals surface area contributed by atoms with Crippen molar-refractivity contribution in [3.63, 3.8) is 0 Å². The molecule has 21 heavy (non-hydrogen) atoms. The van der Waals surface area contributed by atoms with Gasteiger partial charge >= 0.3 is 5.69 Å². The number of nitrogens with one attached hydrogen (secondary N) is 2. The molecule has 0 saturated carbocycles. The third kappa shape index (κ3) is 3.33. The van der Waals surface area contributed by atoms with Crippen LogP contribution in [0.1, 0.15) is 25.3 Å². The SMILES string of the molecule is Cc1cc(CNc2c(N)n(CC(C)C)c(=O)[nH]c2=O)on1. The van der Waals surface area contributed by atoms with Crippen LogP contribution in [0.15, 0.2) is 20.2 Å². The Morgan fingerprint density at radius 2 is 2.19 bits per heavy atom. The first kappa shape index (κ1) is 14.9. The van der Waals surface area contributed by atoms with Crippen molar-refractivity contribution in [2.75, 3.05) is 11.1 Å². The number of anilines is 2. The summed E-state index contributed by atoms with van der Waals surface area (Å²) in [5.41, 5.74) is 5.79. The maximum absolute atomic E-state index is 11.9. The summed E-state index contributed by atoms with van der Waals surface area (Å²) in [6.45, 7) is 6.41. The zero-order chi connectivity index (χ0) is 15.6. The van der Waals surface area contributed by atoms with E-state index in [9.17, 15) is 9.59 Å². The number of nitrogens with two attached hydrogens (primary N) is 1. The Morgan fingerprint density at radius 1 is 1.48 bits per heavy atom. The lowest BCUT2D eigenvalue weighted by Gasteiger charge is -2.14. The predicted octanol–water partition coefficient (Wildman–Crippen LogP) is 0.683. The molecule has 4 N–H and O–H groups in total. The van der Waals surface area contributed by atoms with E-state index < -0.39 is 11.2 Å². The molecular formula is C13H19N5O3. The Morgan fingerprint density at radius 3 is 2.76 bits per heavy atom. The van der Waals surface area contributed by atoms with Crippen molar-refractivity contribution in [3.05, 3.63) is 38.4 Å². The van der Waals surface area contributed by atoms with Crippen molar-refractivity contribution in [2.45, 2.75) is 33.9 Å². The Labute approximate surface area is 121 Å². The van der Waals surface area contributed by atoms with Crippen molar-refractivity contribution in [1.29, 1.82) is 0 Å². The van der Waals surface area contributed by atoms with Gasteiger partial charge in [-0.1, -0.05) is 19.0 Å². The van der Waals surface area contributed by atoms with Crippen LogP contribution in [0.5, 0.6) is 0 Å². The summed E-state index contributed by atoms with van der Waals surface area (Å²) in [6.07, 6.45) is 0. The molecule has 2 aromatic rings. The van der Waals surface area contributed by atoms with Crippen LogP contribution in [0, 0.1) is 12.8 Å². The van der Waals surface area contributed by atoms with Crippen LogP contribution in [0.4, 0.5) is 11.5 Å².